The molecule has 0 aromatic carbocycles. The summed E-state index contributed by atoms with van der Waals surface area (Å²) in [7, 11) is -4.90. The number of hydrogen-bond donors (Lipinski definition) is 2. The molecule has 3 rings (SSSR count). The Morgan fingerprint density at radius 1 is 0.904 bits per heavy atom. The highest BCUT2D eigenvalue weighted by Crippen LogP contribution is 2.30. The van der Waals surface area contributed by atoms with E-state index in [1.165, 1.54) is 110 Å². The number of fused-ring (bicyclic) bond motifs is 2. The van der Waals surface area contributed by atoms with Gasteiger partial charge in [0, 0.05) is 31.7 Å². The van der Waals surface area contributed by atoms with E-state index in [4.69, 9.17) is 14.1 Å². The molecule has 3 aliphatic rings. The number of rotatable bonds is 18. The summed E-state index contributed by atoms with van der Waals surface area (Å²) in [6, 6.07) is -2.51. The van der Waals surface area contributed by atoms with Gasteiger partial charge in [-0.05, 0) is 65.4 Å². The summed E-state index contributed by atoms with van der Waals surface area (Å²) in [6.07, 6.45) is 16.6. The van der Waals surface area contributed by atoms with Crippen LogP contribution in [0.2, 0.25) is 0 Å². The summed E-state index contributed by atoms with van der Waals surface area (Å²) < 4.78 is 41.7. The molecule has 0 aliphatic carbocycles. The zero-order valence-electron chi connectivity index (χ0n) is 32.3. The van der Waals surface area contributed by atoms with Gasteiger partial charge in [0.25, 0.3) is 11.8 Å². The van der Waals surface area contributed by atoms with Crippen molar-refractivity contribution >= 4 is 34.3 Å². The highest BCUT2D eigenvalue weighted by Gasteiger charge is 2.49. The van der Waals surface area contributed by atoms with Crippen LogP contribution in [0.15, 0.2) is 24.7 Å². The second kappa shape index (κ2) is 21.5. The molecule has 16 nitrogen and oxygen atoms in total. The zero-order valence-corrected chi connectivity index (χ0v) is 33.1. The van der Waals surface area contributed by atoms with Crippen LogP contribution in [0.3, 0.4) is 0 Å². The van der Waals surface area contributed by atoms with Crippen molar-refractivity contribution in [1.29, 1.82) is 0 Å². The second-order valence-corrected chi connectivity index (χ2v) is 15.5. The van der Waals surface area contributed by atoms with Gasteiger partial charge in [-0.1, -0.05) is 53.4 Å². The van der Waals surface area contributed by atoms with Gasteiger partial charge in [-0.2, -0.15) is 13.5 Å². The highest BCUT2D eigenvalue weighted by atomic mass is 32.3. The Kier molecular flexibility index (Phi) is 18.5. The maximum Gasteiger partial charge on any atom is 0.418 e. The first kappa shape index (κ1) is 44.9. The smallest absolute Gasteiger partial charge is 0.418 e. The van der Waals surface area contributed by atoms with E-state index >= 15 is 0 Å². The molecule has 0 aromatic heterocycles. The molecular weight excluding hydrogens is 696 g/mol. The quantitative estimate of drug-likeness (QED) is 0.109. The molecule has 0 spiro atoms. The number of piperidine rings is 1. The SMILES string of the molecule is CC(C)(C)OC(=O)N1C=CCN(C(=O)CONC(=O)[C@@H]2CC[C@@H]3CN2C(=O)N3OS(=O)(=O)O)C=C1.CCCC[N+](CCCC)(CCCC)CCCC. The van der Waals surface area contributed by atoms with Crippen LogP contribution in [-0.4, -0.2) is 125 Å². The van der Waals surface area contributed by atoms with E-state index in [-0.39, 0.29) is 25.9 Å². The largest absolute Gasteiger partial charge is 0.443 e. The number of amides is 5. The van der Waals surface area contributed by atoms with Crippen LogP contribution in [-0.2, 0) is 33.8 Å². The Labute approximate surface area is 310 Å². The average molecular weight is 760 g/mol. The Bertz CT molecular complexity index is 1300. The van der Waals surface area contributed by atoms with Gasteiger partial charge in [-0.15, -0.1) is 4.28 Å². The van der Waals surface area contributed by atoms with Crippen molar-refractivity contribution in [3.8, 4) is 0 Å². The van der Waals surface area contributed by atoms with Crippen molar-refractivity contribution in [3.63, 3.8) is 0 Å². The number of quaternary nitrogens is 1. The molecule has 2 saturated heterocycles. The number of hydrogen-bond acceptors (Lipinski definition) is 9. The normalized spacial score (nSPS) is 19.0. The van der Waals surface area contributed by atoms with Gasteiger partial charge in [-0.25, -0.2) is 15.1 Å². The fraction of sp³-hybridized carbons (Fsp3) is 0.771. The fourth-order valence-electron chi connectivity index (χ4n) is 6.23. The first-order valence-corrected chi connectivity index (χ1v) is 20.1. The molecule has 0 unspecified atom stereocenters. The number of nitrogens with one attached hydrogen (secondary N) is 1. The molecule has 298 valence electrons. The Morgan fingerprint density at radius 3 is 1.96 bits per heavy atom. The van der Waals surface area contributed by atoms with Crippen LogP contribution in [0.4, 0.5) is 9.59 Å². The monoisotopic (exact) mass is 759 g/mol. The number of unbranched alkanes of at least 4 members (excludes halogenated alkanes) is 4. The number of ether oxygens (including phenoxy) is 1. The number of carbonyl (C=O) groups is 4. The Morgan fingerprint density at radius 2 is 1.46 bits per heavy atom. The lowest BCUT2D eigenvalue weighted by Gasteiger charge is -2.39. The number of hydroxylamine groups is 3. The van der Waals surface area contributed by atoms with Crippen LogP contribution in [0.5, 0.6) is 0 Å². The molecular formula is C35H63N6O10S+. The van der Waals surface area contributed by atoms with Crippen LogP contribution in [0, 0.1) is 0 Å². The van der Waals surface area contributed by atoms with Gasteiger partial charge in [0.15, 0.2) is 6.61 Å². The maximum absolute atomic E-state index is 12.5. The predicted molar refractivity (Wildman–Crippen MR) is 195 cm³/mol. The molecule has 3 heterocycles. The lowest BCUT2D eigenvalue weighted by atomic mass is 10.0. The van der Waals surface area contributed by atoms with Crippen LogP contribution < -0.4 is 5.48 Å². The van der Waals surface area contributed by atoms with Crippen LogP contribution in [0.25, 0.3) is 0 Å². The van der Waals surface area contributed by atoms with Gasteiger partial charge < -0.3 is 19.0 Å². The van der Waals surface area contributed by atoms with Gasteiger partial charge in [0.2, 0.25) is 0 Å². The first-order chi connectivity index (χ1) is 24.5. The third-order valence-electron chi connectivity index (χ3n) is 9.01. The minimum Gasteiger partial charge on any atom is -0.443 e. The molecule has 0 saturated carbocycles. The summed E-state index contributed by atoms with van der Waals surface area (Å²) in [5.74, 6) is -1.23. The van der Waals surface area contributed by atoms with Gasteiger partial charge >= 0.3 is 22.5 Å². The van der Waals surface area contributed by atoms with E-state index in [1.54, 1.807) is 26.8 Å². The predicted octanol–water partition coefficient (Wildman–Crippen LogP) is 5.11. The first-order valence-electron chi connectivity index (χ1n) is 18.7. The van der Waals surface area contributed by atoms with Crippen molar-refractivity contribution in [2.45, 2.75) is 130 Å². The van der Waals surface area contributed by atoms with Crippen molar-refractivity contribution < 1.29 is 50.5 Å². The second-order valence-electron chi connectivity index (χ2n) is 14.5. The molecule has 2 fully saturated rings. The van der Waals surface area contributed by atoms with E-state index in [9.17, 15) is 27.6 Å². The number of nitrogens with zero attached hydrogens (tertiary/aromatic N) is 5. The van der Waals surface area contributed by atoms with Crippen molar-refractivity contribution in [3.05, 3.63) is 24.7 Å². The third-order valence-corrected chi connectivity index (χ3v) is 9.36. The fourth-order valence-corrected chi connectivity index (χ4v) is 6.62. The van der Waals surface area contributed by atoms with Gasteiger partial charge in [-0.3, -0.25) is 23.9 Å². The van der Waals surface area contributed by atoms with Crippen molar-refractivity contribution in [2.24, 2.45) is 0 Å². The lowest BCUT2D eigenvalue weighted by molar-refractivity contribution is -0.929. The molecule has 0 aromatic rings. The zero-order chi connectivity index (χ0) is 39.0. The van der Waals surface area contributed by atoms with Crippen LogP contribution in [0.1, 0.15) is 113 Å². The standard InChI is InChI=1S/C19H27N5O10S.C16H36N/c1-19(2,3)33-18(28)22-8-4-7-21(9-10-22)15(25)12-32-20-16(26)14-6-5-13-11-23(14)17(27)24(13)34-35(29,30)31;1-5-9-13-17(14-10-6-2,15-11-7-3)16-12-8-4/h4,8-10,13-14H,5-7,11-12H2,1-3H3,(H,20,26)(H,29,30,31);5-16H2,1-4H3/q;+1/t13-,14+;/m1./s1. The molecule has 0 radical (unpaired) electrons. The summed E-state index contributed by atoms with van der Waals surface area (Å²) in [5, 5.41) is 0.521. The maximum atomic E-state index is 12.5. The van der Waals surface area contributed by atoms with Crippen molar-refractivity contribution in [1.82, 2.24) is 25.2 Å². The van der Waals surface area contributed by atoms with E-state index < -0.39 is 58.6 Å². The molecule has 2 bridgehead atoms. The highest BCUT2D eigenvalue weighted by molar-refractivity contribution is 7.80. The summed E-state index contributed by atoms with van der Waals surface area (Å²) in [6.45, 7) is 19.8. The van der Waals surface area contributed by atoms with Crippen molar-refractivity contribution in [2.75, 3.05) is 45.9 Å². The molecule has 2 atom stereocenters. The molecule has 3 aliphatic heterocycles. The lowest BCUT2D eigenvalue weighted by Crippen LogP contribution is -2.50. The van der Waals surface area contributed by atoms with E-state index in [0.717, 1.165) is 4.90 Å². The van der Waals surface area contributed by atoms with E-state index in [2.05, 4.69) is 37.5 Å². The third kappa shape index (κ3) is 15.0. The minimum atomic E-state index is -4.90. The molecule has 52 heavy (non-hydrogen) atoms. The van der Waals surface area contributed by atoms with Gasteiger partial charge in [0.05, 0.1) is 32.2 Å². The molecule has 2 N–H and O–H groups in total. The Balaban J connectivity index is 0.000000465. The minimum absolute atomic E-state index is 0.0183. The summed E-state index contributed by atoms with van der Waals surface area (Å²) >= 11 is 0. The number of urea groups is 1. The van der Waals surface area contributed by atoms with E-state index in [1.807, 2.05) is 0 Å². The molecule has 5 amide bonds. The van der Waals surface area contributed by atoms with Crippen LogP contribution >= 0.6 is 0 Å². The Hall–Kier alpha value is -3.25. The number of carbonyl (C=O) groups excluding carboxylic acids is 4. The topological polar surface area (TPSA) is 175 Å². The summed E-state index contributed by atoms with van der Waals surface area (Å²) in [4.78, 5) is 58.0. The average Bonchev–Trinajstić information content (AvgIpc) is 3.23. The molecule has 17 heteroatoms. The van der Waals surface area contributed by atoms with Gasteiger partial charge in [0.1, 0.15) is 11.6 Å². The summed E-state index contributed by atoms with van der Waals surface area (Å²) in [5.41, 5.74) is 1.44. The van der Waals surface area contributed by atoms with E-state index in [0.29, 0.717) is 5.06 Å².